The molecule has 206 valence electrons. The van der Waals surface area contributed by atoms with Gasteiger partial charge >= 0.3 is 0 Å². The predicted octanol–water partition coefficient (Wildman–Crippen LogP) is 10.3. The lowest BCUT2D eigenvalue weighted by atomic mass is 9.99. The lowest BCUT2D eigenvalue weighted by molar-refractivity contribution is 0.668. The summed E-state index contributed by atoms with van der Waals surface area (Å²) < 4.78 is 66.3. The highest BCUT2D eigenvalue weighted by atomic mass is 16.3. The van der Waals surface area contributed by atoms with Gasteiger partial charge in [-0.25, -0.2) is 15.0 Å². The Morgan fingerprint density at radius 1 is 0.455 bits per heavy atom. The third-order valence-electron chi connectivity index (χ3n) is 7.67. The number of hydrogen-bond acceptors (Lipinski definition) is 5. The molecule has 0 bridgehead atoms. The molecule has 0 radical (unpaired) electrons. The maximum Gasteiger partial charge on any atom is 0.167 e. The van der Waals surface area contributed by atoms with E-state index in [1.807, 2.05) is 78.9 Å². The fraction of sp³-hybridized carbons (Fsp3) is 0. The molecule has 0 atom stereocenters. The van der Waals surface area contributed by atoms with Crippen LogP contribution in [-0.2, 0) is 0 Å². The highest BCUT2D eigenvalue weighted by molar-refractivity contribution is 6.13. The van der Waals surface area contributed by atoms with Gasteiger partial charge in [0.25, 0.3) is 0 Å². The molecule has 0 aliphatic rings. The summed E-state index contributed by atoms with van der Waals surface area (Å²) in [5.74, 6) is 0.543. The zero-order valence-corrected chi connectivity index (χ0v) is 23.0. The van der Waals surface area contributed by atoms with Crippen molar-refractivity contribution < 1.29 is 17.1 Å². The topological polar surface area (TPSA) is 65.0 Å². The summed E-state index contributed by atoms with van der Waals surface area (Å²) in [6.45, 7) is 0. The third kappa shape index (κ3) is 3.91. The van der Waals surface area contributed by atoms with Gasteiger partial charge in [-0.3, -0.25) is 0 Å². The molecule has 3 heterocycles. The summed E-state index contributed by atoms with van der Waals surface area (Å²) in [5.41, 5.74) is 3.30. The first-order valence-corrected chi connectivity index (χ1v) is 14.1. The van der Waals surface area contributed by atoms with Gasteiger partial charge in [-0.15, -0.1) is 0 Å². The minimum absolute atomic E-state index is 0.00966. The number of para-hydroxylation sites is 2. The number of rotatable bonds is 4. The van der Waals surface area contributed by atoms with E-state index in [0.29, 0.717) is 39.2 Å². The van der Waals surface area contributed by atoms with Gasteiger partial charge in [0.15, 0.2) is 17.5 Å². The quantitative estimate of drug-likeness (QED) is 0.210. The Labute approximate surface area is 260 Å². The summed E-state index contributed by atoms with van der Waals surface area (Å²) in [4.78, 5) is 14.4. The Morgan fingerprint density at radius 3 is 2.00 bits per heavy atom. The van der Waals surface area contributed by atoms with Gasteiger partial charge in [0, 0.05) is 32.7 Å². The average Bonchev–Trinajstić information content (AvgIpc) is 3.74. The lowest BCUT2D eigenvalue weighted by Gasteiger charge is -2.09. The van der Waals surface area contributed by atoms with Crippen molar-refractivity contribution in [2.24, 2.45) is 0 Å². The van der Waals surface area contributed by atoms with Crippen LogP contribution >= 0.6 is 0 Å². The van der Waals surface area contributed by atoms with Crippen molar-refractivity contribution in [2.75, 3.05) is 0 Å². The van der Waals surface area contributed by atoms with Crippen molar-refractivity contribution in [1.82, 2.24) is 15.0 Å². The van der Waals surface area contributed by atoms with E-state index >= 15 is 0 Å². The van der Waals surface area contributed by atoms with Crippen molar-refractivity contribution in [2.45, 2.75) is 0 Å². The number of benzene rings is 6. The van der Waals surface area contributed by atoms with Crippen LogP contribution in [0, 0.1) is 0 Å². The van der Waals surface area contributed by atoms with Crippen molar-refractivity contribution in [1.29, 1.82) is 0 Å². The maximum absolute atomic E-state index is 9.38. The average molecular weight is 572 g/mol. The van der Waals surface area contributed by atoms with Gasteiger partial charge in [-0.05, 0) is 41.4 Å². The minimum Gasteiger partial charge on any atom is -0.456 e. The van der Waals surface area contributed by atoms with Gasteiger partial charge in [0.05, 0.1) is 13.8 Å². The predicted molar refractivity (Wildman–Crippen MR) is 176 cm³/mol. The molecule has 3 aromatic heterocycles. The first kappa shape index (κ1) is 19.2. The van der Waals surface area contributed by atoms with Gasteiger partial charge in [0.1, 0.15) is 22.3 Å². The Balaban J connectivity index is 1.36. The fourth-order valence-corrected chi connectivity index (χ4v) is 5.63. The van der Waals surface area contributed by atoms with Crippen LogP contribution in [-0.4, -0.2) is 15.0 Å². The van der Waals surface area contributed by atoms with Crippen molar-refractivity contribution in [3.8, 4) is 45.3 Å². The van der Waals surface area contributed by atoms with Crippen molar-refractivity contribution in [3.63, 3.8) is 0 Å². The standard InChI is InChI=1S/C39H23N3O2/c1-3-11-24(12-4-1)27-16-10-20-33-35(27)30-22-21-26(23-34(30)43-33)38-40-37(25-13-5-2-6-14-25)41-39(42-38)31-18-9-17-29-28-15-7-8-19-32(28)44-36(29)31/h1-23H/i10D,16D,20D,21D,22D,23D. The van der Waals surface area contributed by atoms with Crippen molar-refractivity contribution in [3.05, 3.63) is 139 Å². The number of furan rings is 2. The van der Waals surface area contributed by atoms with Crippen LogP contribution in [0.3, 0.4) is 0 Å². The molecule has 0 unspecified atom stereocenters. The molecule has 0 aliphatic heterocycles. The zero-order chi connectivity index (χ0) is 34.3. The Hall–Kier alpha value is -6.07. The van der Waals surface area contributed by atoms with E-state index in [1.165, 1.54) is 0 Å². The smallest absolute Gasteiger partial charge is 0.167 e. The highest BCUT2D eigenvalue weighted by Gasteiger charge is 2.19. The van der Waals surface area contributed by atoms with E-state index in [1.54, 1.807) is 24.3 Å². The molecule has 0 fully saturated rings. The fourth-order valence-electron chi connectivity index (χ4n) is 5.63. The number of fused-ring (bicyclic) bond motifs is 6. The van der Waals surface area contributed by atoms with Gasteiger partial charge < -0.3 is 8.83 Å². The summed E-state index contributed by atoms with van der Waals surface area (Å²) in [6.07, 6.45) is 0. The van der Waals surface area contributed by atoms with Crippen LogP contribution in [0.1, 0.15) is 8.22 Å². The Morgan fingerprint density at radius 2 is 1.16 bits per heavy atom. The van der Waals surface area contributed by atoms with E-state index in [0.717, 1.165) is 10.8 Å². The van der Waals surface area contributed by atoms with E-state index < -0.39 is 0 Å². The molecule has 44 heavy (non-hydrogen) atoms. The normalized spacial score (nSPS) is 13.5. The number of aromatic nitrogens is 3. The van der Waals surface area contributed by atoms with Crippen LogP contribution in [0.15, 0.2) is 148 Å². The number of hydrogen-bond donors (Lipinski definition) is 0. The molecule has 9 aromatic rings. The van der Waals surface area contributed by atoms with Crippen LogP contribution < -0.4 is 0 Å². The number of nitrogens with zero attached hydrogens (tertiary/aromatic N) is 3. The summed E-state index contributed by atoms with van der Waals surface area (Å²) in [5, 5.41) is 2.18. The van der Waals surface area contributed by atoms with E-state index in [4.69, 9.17) is 27.9 Å². The minimum atomic E-state index is -0.339. The first-order chi connectivity index (χ1) is 24.3. The molecule has 5 nitrogen and oxygen atoms in total. The van der Waals surface area contributed by atoms with E-state index in [9.17, 15) is 4.11 Å². The molecule has 5 heteroatoms. The third-order valence-corrected chi connectivity index (χ3v) is 7.67. The largest absolute Gasteiger partial charge is 0.456 e. The van der Waals surface area contributed by atoms with Crippen LogP contribution in [0.4, 0.5) is 0 Å². The molecule has 0 aliphatic carbocycles. The summed E-state index contributed by atoms with van der Waals surface area (Å²) in [6, 6.07) is 29.9. The molecule has 0 spiro atoms. The SMILES string of the molecule is [2H]c1c([2H])c(-c2ccccc2)c2c(oc3c([2H])c(-c4nc(-c5ccccc5)nc(-c5cccc6c5oc5ccccc56)n4)c([2H])c([2H])c32)c1[2H]. The lowest BCUT2D eigenvalue weighted by Crippen LogP contribution is -2.00. The molecule has 6 aromatic carbocycles. The van der Waals surface area contributed by atoms with E-state index in [-0.39, 0.29) is 75.4 Å². The van der Waals surface area contributed by atoms with Crippen LogP contribution in [0.5, 0.6) is 0 Å². The second-order valence-corrected chi connectivity index (χ2v) is 10.3. The molecular weight excluding hydrogens is 542 g/mol. The molecule has 0 N–H and O–H groups in total. The summed E-state index contributed by atoms with van der Waals surface area (Å²) >= 11 is 0. The van der Waals surface area contributed by atoms with Crippen LogP contribution in [0.25, 0.3) is 89.2 Å². The molecular formula is C39H23N3O2. The van der Waals surface area contributed by atoms with E-state index in [2.05, 4.69) is 0 Å². The molecule has 0 amide bonds. The van der Waals surface area contributed by atoms with Gasteiger partial charge in [0.2, 0.25) is 0 Å². The van der Waals surface area contributed by atoms with Gasteiger partial charge in [-0.1, -0.05) is 109 Å². The maximum atomic E-state index is 9.38. The van der Waals surface area contributed by atoms with Crippen LogP contribution in [0.2, 0.25) is 0 Å². The molecule has 0 saturated heterocycles. The van der Waals surface area contributed by atoms with Crippen molar-refractivity contribution >= 4 is 43.9 Å². The highest BCUT2D eigenvalue weighted by Crippen LogP contribution is 2.39. The first-order valence-electron chi connectivity index (χ1n) is 17.1. The zero-order valence-electron chi connectivity index (χ0n) is 29.0. The molecule has 9 rings (SSSR count). The second-order valence-electron chi connectivity index (χ2n) is 10.3. The Kier molecular flexibility index (Phi) is 4.25. The Bertz CT molecular complexity index is 2840. The van der Waals surface area contributed by atoms with Gasteiger partial charge in [-0.2, -0.15) is 0 Å². The summed E-state index contributed by atoms with van der Waals surface area (Å²) in [7, 11) is 0. The second kappa shape index (κ2) is 9.75. The monoisotopic (exact) mass is 571 g/mol. The molecule has 0 saturated carbocycles.